The molecule has 0 saturated heterocycles. The molecule has 0 aromatic heterocycles. The van der Waals surface area contributed by atoms with E-state index in [4.69, 9.17) is 4.74 Å². The van der Waals surface area contributed by atoms with E-state index in [-0.39, 0.29) is 0 Å². The van der Waals surface area contributed by atoms with Gasteiger partial charge in [-0.25, -0.2) is 0 Å². The van der Waals surface area contributed by atoms with E-state index in [9.17, 15) is 0 Å². The van der Waals surface area contributed by atoms with Crippen molar-refractivity contribution in [2.24, 2.45) is 0 Å². The first-order chi connectivity index (χ1) is 9.88. The Morgan fingerprint density at radius 2 is 1.50 bits per heavy atom. The first-order valence-electron chi connectivity index (χ1n) is 6.51. The van der Waals surface area contributed by atoms with Crippen LogP contribution < -0.4 is 4.74 Å². The van der Waals surface area contributed by atoms with E-state index in [0.29, 0.717) is 0 Å². The van der Waals surface area contributed by atoms with Crippen LogP contribution in [0.4, 0.5) is 0 Å². The summed E-state index contributed by atoms with van der Waals surface area (Å²) in [7, 11) is 1.68. The van der Waals surface area contributed by atoms with Gasteiger partial charge in [-0.05, 0) is 23.6 Å². The smallest absolute Gasteiger partial charge is 0.135 e. The Kier molecular flexibility index (Phi) is 3.39. The van der Waals surface area contributed by atoms with Gasteiger partial charge in [-0.1, -0.05) is 60.4 Å². The molecule has 1 nitrogen and oxygen atoms in total. The molecule has 3 aromatic rings. The third kappa shape index (κ3) is 2.37. The number of hydrogen-bond acceptors (Lipinski definition) is 1. The third-order valence-corrected chi connectivity index (χ3v) is 3.22. The van der Waals surface area contributed by atoms with Gasteiger partial charge < -0.3 is 4.74 Å². The molecule has 0 N–H and O–H groups in total. The van der Waals surface area contributed by atoms with Crippen LogP contribution in [0.25, 0.3) is 10.8 Å². The molecule has 0 bridgehead atoms. The van der Waals surface area contributed by atoms with Crippen molar-refractivity contribution in [3.63, 3.8) is 0 Å². The lowest BCUT2D eigenvalue weighted by molar-refractivity contribution is 0.414. The van der Waals surface area contributed by atoms with Gasteiger partial charge >= 0.3 is 0 Å². The molecule has 0 radical (unpaired) electrons. The largest absolute Gasteiger partial charge is 0.495 e. The Morgan fingerprint density at radius 3 is 2.30 bits per heavy atom. The van der Waals surface area contributed by atoms with Crippen LogP contribution in [0.15, 0.2) is 66.7 Å². The fourth-order valence-corrected chi connectivity index (χ4v) is 2.21. The van der Waals surface area contributed by atoms with E-state index in [2.05, 4.69) is 30.0 Å². The number of ether oxygens (including phenoxy) is 1. The monoisotopic (exact) mass is 258 g/mol. The van der Waals surface area contributed by atoms with Gasteiger partial charge in [-0.15, -0.1) is 0 Å². The Morgan fingerprint density at radius 1 is 0.750 bits per heavy atom. The van der Waals surface area contributed by atoms with Crippen molar-refractivity contribution in [2.45, 2.75) is 0 Å². The highest BCUT2D eigenvalue weighted by Crippen LogP contribution is 2.27. The van der Waals surface area contributed by atoms with Crippen LogP contribution in [-0.4, -0.2) is 7.11 Å². The zero-order chi connectivity index (χ0) is 13.8. The summed E-state index contributed by atoms with van der Waals surface area (Å²) < 4.78 is 5.44. The highest BCUT2D eigenvalue weighted by Gasteiger charge is 2.05. The summed E-state index contributed by atoms with van der Waals surface area (Å²) in [5.41, 5.74) is 1.94. The molecule has 20 heavy (non-hydrogen) atoms. The lowest BCUT2D eigenvalue weighted by atomic mass is 10.0. The SMILES string of the molecule is COc1ccc2ccccc2c1C#Cc1ccccc1. The summed E-state index contributed by atoms with van der Waals surface area (Å²) in [4.78, 5) is 0. The van der Waals surface area contributed by atoms with Crippen molar-refractivity contribution >= 4 is 10.8 Å². The van der Waals surface area contributed by atoms with Crippen LogP contribution in [0.1, 0.15) is 11.1 Å². The summed E-state index contributed by atoms with van der Waals surface area (Å²) in [6.07, 6.45) is 0. The van der Waals surface area contributed by atoms with Gasteiger partial charge in [0.1, 0.15) is 5.75 Å². The minimum absolute atomic E-state index is 0.812. The summed E-state index contributed by atoms with van der Waals surface area (Å²) >= 11 is 0. The Bertz CT molecular complexity index is 792. The van der Waals surface area contributed by atoms with Crippen molar-refractivity contribution in [1.82, 2.24) is 0 Å². The number of fused-ring (bicyclic) bond motifs is 1. The lowest BCUT2D eigenvalue weighted by Gasteiger charge is -2.06. The van der Waals surface area contributed by atoms with Crippen LogP contribution in [0.3, 0.4) is 0 Å². The average molecular weight is 258 g/mol. The molecule has 0 fully saturated rings. The van der Waals surface area contributed by atoms with Gasteiger partial charge in [-0.2, -0.15) is 0 Å². The zero-order valence-electron chi connectivity index (χ0n) is 11.3. The maximum atomic E-state index is 5.44. The summed E-state index contributed by atoms with van der Waals surface area (Å²) in [5, 5.41) is 2.29. The van der Waals surface area contributed by atoms with Gasteiger partial charge in [0.2, 0.25) is 0 Å². The molecule has 0 aliphatic rings. The van der Waals surface area contributed by atoms with Crippen LogP contribution in [0.5, 0.6) is 5.75 Å². The van der Waals surface area contributed by atoms with Crippen molar-refractivity contribution in [3.05, 3.63) is 77.9 Å². The molecule has 0 saturated carbocycles. The highest BCUT2D eigenvalue weighted by molar-refractivity contribution is 5.90. The van der Waals surface area contributed by atoms with Gasteiger partial charge in [0.05, 0.1) is 12.7 Å². The molecule has 0 amide bonds. The maximum absolute atomic E-state index is 5.44. The predicted octanol–water partition coefficient (Wildman–Crippen LogP) is 4.25. The van der Waals surface area contributed by atoms with Crippen LogP contribution in [0.2, 0.25) is 0 Å². The molecule has 3 aromatic carbocycles. The molecule has 0 aliphatic carbocycles. The second kappa shape index (κ2) is 5.50. The van der Waals surface area contributed by atoms with Crippen molar-refractivity contribution in [3.8, 4) is 17.6 Å². The number of methoxy groups -OCH3 is 1. The molecular weight excluding hydrogens is 244 g/mol. The molecule has 1 heteroatoms. The van der Waals surface area contributed by atoms with E-state index in [1.807, 2.05) is 48.5 Å². The van der Waals surface area contributed by atoms with E-state index in [1.165, 1.54) is 5.39 Å². The molecule has 0 aliphatic heterocycles. The number of benzene rings is 3. The fourth-order valence-electron chi connectivity index (χ4n) is 2.21. The Labute approximate surface area is 118 Å². The minimum atomic E-state index is 0.812. The predicted molar refractivity (Wildman–Crippen MR) is 82.9 cm³/mol. The summed E-state index contributed by atoms with van der Waals surface area (Å²) in [6.45, 7) is 0. The molecule has 96 valence electrons. The average Bonchev–Trinajstić information content (AvgIpc) is 2.53. The Balaban J connectivity index is 2.17. The fraction of sp³-hybridized carbons (Fsp3) is 0.0526. The number of rotatable bonds is 1. The van der Waals surface area contributed by atoms with Crippen molar-refractivity contribution < 1.29 is 4.74 Å². The minimum Gasteiger partial charge on any atom is -0.495 e. The van der Waals surface area contributed by atoms with Crippen molar-refractivity contribution in [1.29, 1.82) is 0 Å². The van der Waals surface area contributed by atoms with E-state index < -0.39 is 0 Å². The highest BCUT2D eigenvalue weighted by atomic mass is 16.5. The number of hydrogen-bond donors (Lipinski definition) is 0. The second-order valence-electron chi connectivity index (χ2n) is 4.48. The van der Waals surface area contributed by atoms with Gasteiger partial charge in [0, 0.05) is 10.9 Å². The van der Waals surface area contributed by atoms with Crippen LogP contribution in [0, 0.1) is 11.8 Å². The van der Waals surface area contributed by atoms with Gasteiger partial charge in [0.15, 0.2) is 0 Å². The van der Waals surface area contributed by atoms with Crippen molar-refractivity contribution in [2.75, 3.05) is 7.11 Å². The van der Waals surface area contributed by atoms with Crippen LogP contribution >= 0.6 is 0 Å². The molecule has 0 atom stereocenters. The third-order valence-electron chi connectivity index (χ3n) is 3.22. The quantitative estimate of drug-likeness (QED) is 0.593. The van der Waals surface area contributed by atoms with E-state index in [0.717, 1.165) is 22.3 Å². The normalized spacial score (nSPS) is 9.85. The first kappa shape index (κ1) is 12.3. The first-order valence-corrected chi connectivity index (χ1v) is 6.51. The lowest BCUT2D eigenvalue weighted by Crippen LogP contribution is -1.89. The van der Waals surface area contributed by atoms with Crippen LogP contribution in [-0.2, 0) is 0 Å². The maximum Gasteiger partial charge on any atom is 0.135 e. The van der Waals surface area contributed by atoms with Gasteiger partial charge in [0.25, 0.3) is 0 Å². The molecule has 0 unspecified atom stereocenters. The standard InChI is InChI=1S/C19H14O/c1-20-19-14-12-16-9-5-6-10-17(16)18(19)13-11-15-7-3-2-4-8-15/h2-10,12,14H,1H3. The molecule has 3 rings (SSSR count). The Hall–Kier alpha value is -2.72. The molecule has 0 heterocycles. The molecular formula is C19H14O. The van der Waals surface area contributed by atoms with E-state index >= 15 is 0 Å². The van der Waals surface area contributed by atoms with E-state index in [1.54, 1.807) is 7.11 Å². The van der Waals surface area contributed by atoms with Gasteiger partial charge in [-0.3, -0.25) is 0 Å². The second-order valence-corrected chi connectivity index (χ2v) is 4.48. The zero-order valence-corrected chi connectivity index (χ0v) is 11.3. The summed E-state index contributed by atoms with van der Waals surface area (Å²) in [5.74, 6) is 7.26. The molecule has 0 spiro atoms. The summed E-state index contributed by atoms with van der Waals surface area (Å²) in [6, 6.07) is 22.2. The topological polar surface area (TPSA) is 9.23 Å².